The molecule has 11 nitrogen and oxygen atoms in total. The van der Waals surface area contributed by atoms with Crippen LogP contribution in [0.2, 0.25) is 0 Å². The summed E-state index contributed by atoms with van der Waals surface area (Å²) in [5.74, 6) is -1.23. The largest absolute Gasteiger partial charge is 0.368 e. The lowest BCUT2D eigenvalue weighted by atomic mass is 9.85. The van der Waals surface area contributed by atoms with Gasteiger partial charge in [0, 0.05) is 31.6 Å². The molecule has 0 aliphatic carbocycles. The molecule has 2 atom stereocenters. The van der Waals surface area contributed by atoms with E-state index in [1.165, 1.54) is 9.21 Å². The number of rotatable bonds is 12. The van der Waals surface area contributed by atoms with Gasteiger partial charge in [0.2, 0.25) is 27.7 Å². The molecule has 0 spiro atoms. The van der Waals surface area contributed by atoms with Gasteiger partial charge in [0.05, 0.1) is 6.26 Å². The Morgan fingerprint density at radius 2 is 1.57 bits per heavy atom. The molecule has 4 rings (SSSR count). The lowest BCUT2D eigenvalue weighted by molar-refractivity contribution is -0.140. The molecule has 2 aliphatic rings. The second-order valence-electron chi connectivity index (χ2n) is 13.2. The van der Waals surface area contributed by atoms with Gasteiger partial charge < -0.3 is 15.5 Å². The second-order valence-corrected chi connectivity index (χ2v) is 15.2. The molecule has 0 unspecified atom stereocenters. The van der Waals surface area contributed by atoms with Crippen molar-refractivity contribution in [2.75, 3.05) is 32.4 Å². The maximum Gasteiger partial charge on any atom is 0.242 e. The number of hydrogen-bond acceptors (Lipinski definition) is 6. The van der Waals surface area contributed by atoms with E-state index in [1.54, 1.807) is 4.90 Å². The maximum absolute atomic E-state index is 14.0. The molecule has 0 aromatic heterocycles. The molecule has 0 bridgehead atoms. The van der Waals surface area contributed by atoms with Crippen LogP contribution in [0.25, 0.3) is 0 Å². The number of hydrogen-bond donors (Lipinski definition) is 3. The molecule has 2 aromatic rings. The lowest BCUT2D eigenvalue weighted by Gasteiger charge is -2.38. The molecule has 2 fully saturated rings. The summed E-state index contributed by atoms with van der Waals surface area (Å²) in [5, 5.41) is 11.4. The molecule has 2 aliphatic heterocycles. The zero-order valence-corrected chi connectivity index (χ0v) is 28.0. The lowest BCUT2D eigenvalue weighted by Crippen LogP contribution is -2.56. The van der Waals surface area contributed by atoms with Crippen molar-refractivity contribution in [3.8, 4) is 0 Å². The molecule has 2 heterocycles. The van der Waals surface area contributed by atoms with Crippen molar-refractivity contribution in [2.24, 2.45) is 17.1 Å². The van der Waals surface area contributed by atoms with Crippen LogP contribution in [0.4, 0.5) is 0 Å². The Bertz CT molecular complexity index is 1480. The summed E-state index contributed by atoms with van der Waals surface area (Å²) in [7, 11) is -3.83. The normalized spacial score (nSPS) is 18.4. The third-order valence-electron chi connectivity index (χ3n) is 9.29. The number of nitrogens with one attached hydrogen (secondary N) is 2. The fourth-order valence-electron chi connectivity index (χ4n) is 6.33. The summed E-state index contributed by atoms with van der Waals surface area (Å²) in [4.78, 5) is 42.5. The summed E-state index contributed by atoms with van der Waals surface area (Å²) < 4.78 is 27.8. The van der Waals surface area contributed by atoms with Crippen LogP contribution in [0.1, 0.15) is 57.1 Å². The predicted octanol–water partition coefficient (Wildman–Crippen LogP) is 2.76. The van der Waals surface area contributed by atoms with Gasteiger partial charge in [-0.25, -0.2) is 8.42 Å². The van der Waals surface area contributed by atoms with E-state index in [9.17, 15) is 22.8 Å². The highest BCUT2D eigenvalue weighted by atomic mass is 32.2. The van der Waals surface area contributed by atoms with Crippen LogP contribution < -0.4 is 11.1 Å². The highest BCUT2D eigenvalue weighted by Crippen LogP contribution is 2.27. The number of carbonyl (C=O) groups is 3. The van der Waals surface area contributed by atoms with E-state index < -0.39 is 39.3 Å². The number of sulfonamides is 1. The van der Waals surface area contributed by atoms with E-state index in [1.807, 2.05) is 74.5 Å². The molecule has 0 saturated carbocycles. The molecular weight excluding hydrogens is 604 g/mol. The maximum atomic E-state index is 14.0. The zero-order chi connectivity index (χ0) is 33.5. The molecule has 0 radical (unpaired) electrons. The van der Waals surface area contributed by atoms with E-state index in [0.717, 1.165) is 23.8 Å². The minimum absolute atomic E-state index is 0.0415. The number of piperidine rings is 1. The SMILES string of the molecule is CC(C)(CCc1ccccc1)C(=O)NC(=N)N1CCC(CN([C@H](Cc2ccccc2)C(=O)N2CCC[C@H]2C(N)=O)S(C)(=O)=O)CC1. The second kappa shape index (κ2) is 15.2. The Morgan fingerprint density at radius 1 is 0.978 bits per heavy atom. The summed E-state index contributed by atoms with van der Waals surface area (Å²) in [5.41, 5.74) is 6.91. The van der Waals surface area contributed by atoms with Crippen LogP contribution in [0, 0.1) is 16.7 Å². The Morgan fingerprint density at radius 3 is 2.13 bits per heavy atom. The number of primary amides is 1. The van der Waals surface area contributed by atoms with Crippen molar-refractivity contribution in [1.82, 2.24) is 19.4 Å². The van der Waals surface area contributed by atoms with Gasteiger partial charge in [0.1, 0.15) is 12.1 Å². The van der Waals surface area contributed by atoms with Crippen molar-refractivity contribution < 1.29 is 22.8 Å². The van der Waals surface area contributed by atoms with Gasteiger partial charge in [-0.2, -0.15) is 4.31 Å². The first-order chi connectivity index (χ1) is 21.8. The van der Waals surface area contributed by atoms with Gasteiger partial charge in [-0.1, -0.05) is 74.5 Å². The number of likely N-dealkylation sites (tertiary alicyclic amines) is 2. The van der Waals surface area contributed by atoms with E-state index in [2.05, 4.69) is 5.32 Å². The molecule has 46 heavy (non-hydrogen) atoms. The van der Waals surface area contributed by atoms with Crippen LogP contribution in [-0.2, 0) is 37.2 Å². The molecular formula is C34H48N6O5S. The average Bonchev–Trinajstić information content (AvgIpc) is 3.53. The van der Waals surface area contributed by atoms with Crippen LogP contribution in [0.3, 0.4) is 0 Å². The Hall–Kier alpha value is -3.77. The third-order valence-corrected chi connectivity index (χ3v) is 10.5. The molecule has 4 N–H and O–H groups in total. The molecule has 12 heteroatoms. The smallest absolute Gasteiger partial charge is 0.242 e. The summed E-state index contributed by atoms with van der Waals surface area (Å²) >= 11 is 0. The van der Waals surface area contributed by atoms with Gasteiger partial charge in [-0.05, 0) is 62.0 Å². The third kappa shape index (κ3) is 9.16. The van der Waals surface area contributed by atoms with Gasteiger partial charge in [0.15, 0.2) is 5.96 Å². The van der Waals surface area contributed by atoms with Crippen LogP contribution >= 0.6 is 0 Å². The number of carbonyl (C=O) groups excluding carboxylic acids is 3. The Labute approximate surface area is 273 Å². The first-order valence-corrected chi connectivity index (χ1v) is 17.9. The van der Waals surface area contributed by atoms with Gasteiger partial charge in [0.25, 0.3) is 0 Å². The molecule has 2 aromatic carbocycles. The minimum atomic E-state index is -3.83. The first-order valence-electron chi connectivity index (χ1n) is 16.1. The van der Waals surface area contributed by atoms with Crippen molar-refractivity contribution in [3.05, 3.63) is 71.8 Å². The van der Waals surface area contributed by atoms with Gasteiger partial charge in [-0.3, -0.25) is 25.1 Å². The standard InChI is InChI=1S/C34H48N6O5S/c1-34(2,19-16-25-11-6-4-7-12-25)32(43)37-33(36)38-21-17-27(18-22-38)24-40(46(3,44)45)29(23-26-13-8-5-9-14-26)31(42)39-20-10-15-28(39)30(35)41/h4-9,11-14,27-29H,10,15-24H2,1-3H3,(H2,35,41)(H2,36,37,43)/t28-,29+/m0/s1. The number of nitrogens with zero attached hydrogens (tertiary/aromatic N) is 3. The van der Waals surface area contributed by atoms with E-state index in [4.69, 9.17) is 11.1 Å². The van der Waals surface area contributed by atoms with Crippen molar-refractivity contribution in [1.29, 1.82) is 5.41 Å². The Balaban J connectivity index is 1.40. The molecule has 250 valence electrons. The average molecular weight is 653 g/mol. The van der Waals surface area contributed by atoms with E-state index in [0.29, 0.717) is 51.7 Å². The fraction of sp³-hybridized carbons (Fsp3) is 0.529. The van der Waals surface area contributed by atoms with Crippen LogP contribution in [0.5, 0.6) is 0 Å². The van der Waals surface area contributed by atoms with Crippen LogP contribution in [0.15, 0.2) is 60.7 Å². The number of guanidine groups is 1. The van der Waals surface area contributed by atoms with Crippen molar-refractivity contribution in [2.45, 2.75) is 70.9 Å². The minimum Gasteiger partial charge on any atom is -0.368 e. The number of nitrogens with two attached hydrogens (primary N) is 1. The van der Waals surface area contributed by atoms with Crippen molar-refractivity contribution >= 4 is 33.7 Å². The topological polar surface area (TPSA) is 157 Å². The summed E-state index contributed by atoms with van der Waals surface area (Å²) in [6.07, 6.45) is 4.94. The highest BCUT2D eigenvalue weighted by Gasteiger charge is 2.42. The molecule has 3 amide bonds. The summed E-state index contributed by atoms with van der Waals surface area (Å²) in [6, 6.07) is 17.5. The van der Waals surface area contributed by atoms with E-state index >= 15 is 0 Å². The monoisotopic (exact) mass is 652 g/mol. The fourth-order valence-corrected chi connectivity index (χ4v) is 7.43. The van der Waals surface area contributed by atoms with Crippen LogP contribution in [-0.4, -0.2) is 90.7 Å². The van der Waals surface area contributed by atoms with E-state index in [-0.39, 0.29) is 30.8 Å². The van der Waals surface area contributed by atoms with Crippen molar-refractivity contribution in [3.63, 3.8) is 0 Å². The quantitative estimate of drug-likeness (QED) is 0.237. The highest BCUT2D eigenvalue weighted by molar-refractivity contribution is 7.88. The number of benzene rings is 2. The number of amides is 3. The van der Waals surface area contributed by atoms with Gasteiger partial charge >= 0.3 is 0 Å². The van der Waals surface area contributed by atoms with Gasteiger partial charge in [-0.15, -0.1) is 0 Å². The Kier molecular flexibility index (Phi) is 11.6. The number of aryl methyl sites for hydroxylation is 1. The summed E-state index contributed by atoms with van der Waals surface area (Å²) in [6.45, 7) is 5.19. The zero-order valence-electron chi connectivity index (χ0n) is 27.2. The predicted molar refractivity (Wildman–Crippen MR) is 178 cm³/mol. The first kappa shape index (κ1) is 35.1. The molecule has 2 saturated heterocycles.